The fourth-order valence-electron chi connectivity index (χ4n) is 2.65. The van der Waals surface area contributed by atoms with Crippen LogP contribution in [0.3, 0.4) is 0 Å². The SMILES string of the molecule is CCCCN(Cc1ccc(C(=O)OC)cc1)C(=O)Nc1ccc(OCN=[N+]=[N-])cc1. The number of hydrogen-bond acceptors (Lipinski definition) is 5. The van der Waals surface area contributed by atoms with Gasteiger partial charge in [0, 0.05) is 23.7 Å². The zero-order chi connectivity index (χ0) is 21.8. The number of esters is 1. The van der Waals surface area contributed by atoms with E-state index in [1.165, 1.54) is 7.11 Å². The van der Waals surface area contributed by atoms with Crippen molar-refractivity contribution in [2.24, 2.45) is 5.11 Å². The summed E-state index contributed by atoms with van der Waals surface area (Å²) in [6, 6.07) is 13.6. The number of anilines is 1. The van der Waals surface area contributed by atoms with E-state index in [4.69, 9.17) is 15.0 Å². The number of unbranched alkanes of at least 4 members (excludes halogenated alkanes) is 1. The molecule has 0 fully saturated rings. The normalized spacial score (nSPS) is 9.93. The van der Waals surface area contributed by atoms with Crippen LogP contribution in [0.1, 0.15) is 35.7 Å². The standard InChI is InChI=1S/C21H25N5O4/c1-3-4-13-26(14-16-5-7-17(8-6-16)20(27)29-2)21(28)24-18-9-11-19(12-10-18)30-15-23-25-22/h5-12H,3-4,13-15H2,1-2H3,(H,24,28). The van der Waals surface area contributed by atoms with E-state index in [0.717, 1.165) is 18.4 Å². The molecule has 0 saturated heterocycles. The van der Waals surface area contributed by atoms with E-state index in [0.29, 0.717) is 30.1 Å². The van der Waals surface area contributed by atoms with Gasteiger partial charge in [-0.3, -0.25) is 0 Å². The van der Waals surface area contributed by atoms with Crippen LogP contribution in [0, 0.1) is 0 Å². The fourth-order valence-corrected chi connectivity index (χ4v) is 2.65. The number of benzene rings is 2. The molecule has 30 heavy (non-hydrogen) atoms. The first-order valence-corrected chi connectivity index (χ1v) is 9.54. The van der Waals surface area contributed by atoms with Gasteiger partial charge in [-0.2, -0.15) is 0 Å². The van der Waals surface area contributed by atoms with Crippen LogP contribution in [0.25, 0.3) is 10.4 Å². The summed E-state index contributed by atoms with van der Waals surface area (Å²) >= 11 is 0. The molecule has 2 aromatic rings. The number of carbonyl (C=O) groups is 2. The van der Waals surface area contributed by atoms with Gasteiger partial charge in [-0.25, -0.2) is 9.59 Å². The fraction of sp³-hybridized carbons (Fsp3) is 0.333. The predicted molar refractivity (Wildman–Crippen MR) is 113 cm³/mol. The lowest BCUT2D eigenvalue weighted by atomic mass is 10.1. The van der Waals surface area contributed by atoms with Crippen molar-refractivity contribution in [3.05, 3.63) is 70.1 Å². The molecule has 0 atom stereocenters. The first-order valence-electron chi connectivity index (χ1n) is 9.54. The molecule has 0 aliphatic heterocycles. The third kappa shape index (κ3) is 7.03. The van der Waals surface area contributed by atoms with Crippen molar-refractivity contribution in [3.8, 4) is 5.75 Å². The van der Waals surface area contributed by atoms with E-state index in [-0.39, 0.29) is 12.8 Å². The van der Waals surface area contributed by atoms with Crippen molar-refractivity contribution in [3.63, 3.8) is 0 Å². The molecule has 0 saturated carbocycles. The number of azide groups is 1. The summed E-state index contributed by atoms with van der Waals surface area (Å²) in [7, 11) is 1.34. The lowest BCUT2D eigenvalue weighted by molar-refractivity contribution is 0.0600. The van der Waals surface area contributed by atoms with Crippen molar-refractivity contribution in [2.45, 2.75) is 26.3 Å². The maximum atomic E-state index is 12.8. The summed E-state index contributed by atoms with van der Waals surface area (Å²) in [4.78, 5) is 28.7. The summed E-state index contributed by atoms with van der Waals surface area (Å²) in [5.74, 6) is 0.142. The molecule has 0 aliphatic rings. The number of nitrogens with zero attached hydrogens (tertiary/aromatic N) is 4. The van der Waals surface area contributed by atoms with Gasteiger partial charge >= 0.3 is 12.0 Å². The van der Waals surface area contributed by atoms with Gasteiger partial charge in [-0.15, -0.1) is 0 Å². The molecular weight excluding hydrogens is 386 g/mol. The number of ether oxygens (including phenoxy) is 2. The second-order valence-electron chi connectivity index (χ2n) is 6.42. The number of nitrogens with one attached hydrogen (secondary N) is 1. The van der Waals surface area contributed by atoms with E-state index in [1.54, 1.807) is 41.3 Å². The Hall–Kier alpha value is -3.71. The van der Waals surface area contributed by atoms with Crippen LogP contribution < -0.4 is 10.1 Å². The molecule has 0 aliphatic carbocycles. The first kappa shape index (κ1) is 22.6. The number of rotatable bonds is 10. The van der Waals surface area contributed by atoms with Gasteiger partial charge in [0.25, 0.3) is 0 Å². The van der Waals surface area contributed by atoms with Crippen LogP contribution in [0.15, 0.2) is 53.6 Å². The molecule has 0 radical (unpaired) electrons. The van der Waals surface area contributed by atoms with Crippen LogP contribution in [0.5, 0.6) is 5.75 Å². The summed E-state index contributed by atoms with van der Waals surface area (Å²) in [5, 5.41) is 6.19. The number of urea groups is 1. The van der Waals surface area contributed by atoms with Gasteiger partial charge in [-0.1, -0.05) is 30.6 Å². The van der Waals surface area contributed by atoms with Crippen molar-refractivity contribution >= 4 is 17.7 Å². The van der Waals surface area contributed by atoms with Gasteiger partial charge in [0.2, 0.25) is 0 Å². The molecule has 1 N–H and O–H groups in total. The Morgan fingerprint density at radius 2 is 1.83 bits per heavy atom. The highest BCUT2D eigenvalue weighted by Crippen LogP contribution is 2.17. The number of hydrogen-bond donors (Lipinski definition) is 1. The topological polar surface area (TPSA) is 117 Å². The highest BCUT2D eigenvalue weighted by atomic mass is 16.5. The van der Waals surface area contributed by atoms with Crippen molar-refractivity contribution < 1.29 is 19.1 Å². The highest BCUT2D eigenvalue weighted by molar-refractivity contribution is 5.90. The Labute approximate surface area is 175 Å². The minimum absolute atomic E-state index is 0.0955. The third-order valence-electron chi connectivity index (χ3n) is 4.28. The maximum absolute atomic E-state index is 12.8. The molecule has 2 rings (SSSR count). The zero-order valence-corrected chi connectivity index (χ0v) is 17.1. The molecule has 2 amide bonds. The molecule has 0 unspecified atom stereocenters. The van der Waals surface area contributed by atoms with Crippen LogP contribution in [-0.2, 0) is 11.3 Å². The summed E-state index contributed by atoms with van der Waals surface area (Å²) in [6.07, 6.45) is 1.84. The lowest BCUT2D eigenvalue weighted by Crippen LogP contribution is -2.35. The highest BCUT2D eigenvalue weighted by Gasteiger charge is 2.14. The predicted octanol–water partition coefficient (Wildman–Crippen LogP) is 4.95. The number of methoxy groups -OCH3 is 1. The lowest BCUT2D eigenvalue weighted by Gasteiger charge is -2.23. The zero-order valence-electron chi connectivity index (χ0n) is 17.1. The van der Waals surface area contributed by atoms with Crippen molar-refractivity contribution in [1.82, 2.24) is 4.90 Å². The summed E-state index contributed by atoms with van der Waals surface area (Å²) < 4.78 is 9.95. The summed E-state index contributed by atoms with van der Waals surface area (Å²) in [6.45, 7) is 2.99. The van der Waals surface area contributed by atoms with Crippen LogP contribution >= 0.6 is 0 Å². The Kier molecular flexibility index (Phi) is 9.02. The van der Waals surface area contributed by atoms with Crippen LogP contribution in [0.4, 0.5) is 10.5 Å². The minimum atomic E-state index is -0.394. The molecule has 0 spiro atoms. The average Bonchev–Trinajstić information content (AvgIpc) is 2.77. The first-order chi connectivity index (χ1) is 14.6. The van der Waals surface area contributed by atoms with Gasteiger partial charge in [0.15, 0.2) is 6.73 Å². The molecule has 158 valence electrons. The second kappa shape index (κ2) is 12.0. The smallest absolute Gasteiger partial charge is 0.337 e. The van der Waals surface area contributed by atoms with Crippen LogP contribution in [0.2, 0.25) is 0 Å². The summed E-state index contributed by atoms with van der Waals surface area (Å²) in [5.41, 5.74) is 10.3. The largest absolute Gasteiger partial charge is 0.488 e. The van der Waals surface area contributed by atoms with E-state index in [1.807, 2.05) is 12.1 Å². The van der Waals surface area contributed by atoms with Crippen molar-refractivity contribution in [2.75, 3.05) is 25.7 Å². The van der Waals surface area contributed by atoms with Gasteiger partial charge in [-0.05, 0) is 53.9 Å². The van der Waals surface area contributed by atoms with Gasteiger partial charge < -0.3 is 19.7 Å². The molecule has 2 aromatic carbocycles. The Morgan fingerprint density at radius 1 is 1.13 bits per heavy atom. The maximum Gasteiger partial charge on any atom is 0.337 e. The van der Waals surface area contributed by atoms with Crippen LogP contribution in [-0.4, -0.2) is 37.3 Å². The average molecular weight is 411 g/mol. The number of amides is 2. The molecule has 0 bridgehead atoms. The van der Waals surface area contributed by atoms with Gasteiger partial charge in [0.1, 0.15) is 5.75 Å². The minimum Gasteiger partial charge on any atom is -0.488 e. The number of carbonyl (C=O) groups excluding carboxylic acids is 2. The molecular formula is C21H25N5O4. The second-order valence-corrected chi connectivity index (χ2v) is 6.42. The monoisotopic (exact) mass is 411 g/mol. The molecule has 9 nitrogen and oxygen atoms in total. The molecule has 0 aromatic heterocycles. The van der Waals surface area contributed by atoms with E-state index in [2.05, 4.69) is 22.3 Å². The van der Waals surface area contributed by atoms with Gasteiger partial charge in [0.05, 0.1) is 12.7 Å². The van der Waals surface area contributed by atoms with E-state index < -0.39 is 5.97 Å². The van der Waals surface area contributed by atoms with E-state index >= 15 is 0 Å². The Bertz CT molecular complexity index is 877. The molecule has 9 heteroatoms. The Morgan fingerprint density at radius 3 is 2.43 bits per heavy atom. The third-order valence-corrected chi connectivity index (χ3v) is 4.28. The van der Waals surface area contributed by atoms with Crippen molar-refractivity contribution in [1.29, 1.82) is 0 Å². The molecule has 0 heterocycles. The quantitative estimate of drug-likeness (QED) is 0.257. The Balaban J connectivity index is 2.02. The van der Waals surface area contributed by atoms with E-state index in [9.17, 15) is 9.59 Å².